The molecule has 0 amide bonds. The third-order valence-corrected chi connectivity index (χ3v) is 5.49. The quantitative estimate of drug-likeness (QED) is 0.214. The van der Waals surface area contributed by atoms with Crippen molar-refractivity contribution in [3.05, 3.63) is 102 Å². The van der Waals surface area contributed by atoms with E-state index in [0.29, 0.717) is 5.75 Å². The highest BCUT2D eigenvalue weighted by Crippen LogP contribution is 2.39. The molecule has 0 aromatic heterocycles. The van der Waals surface area contributed by atoms with E-state index < -0.39 is 5.41 Å². The molecule has 0 aliphatic heterocycles. The van der Waals surface area contributed by atoms with Crippen LogP contribution < -0.4 is 4.74 Å². The van der Waals surface area contributed by atoms with Gasteiger partial charge in [0.25, 0.3) is 0 Å². The molecule has 0 aliphatic carbocycles. The Hall–Kier alpha value is -2.87. The average molecular weight is 387 g/mol. The van der Waals surface area contributed by atoms with Crippen molar-refractivity contribution in [2.75, 3.05) is 0 Å². The first-order valence-corrected chi connectivity index (χ1v) is 10.7. The summed E-state index contributed by atoms with van der Waals surface area (Å²) < 4.78 is 5.93. The molecule has 0 unspecified atom stereocenters. The number of hydrogen-bond acceptors (Lipinski definition) is 2. The van der Waals surface area contributed by atoms with Crippen molar-refractivity contribution in [1.82, 2.24) is 0 Å². The van der Waals surface area contributed by atoms with Gasteiger partial charge in [-0.25, -0.2) is 0 Å². The highest BCUT2D eigenvalue weighted by Gasteiger charge is 2.43. The number of esters is 1. The average Bonchev–Trinajstić information content (AvgIpc) is 2.78. The lowest BCUT2D eigenvalue weighted by Crippen LogP contribution is -2.40. The Kier molecular flexibility index (Phi) is 7.63. The van der Waals surface area contributed by atoms with E-state index in [1.54, 1.807) is 0 Å². The molecule has 3 aromatic carbocycles. The van der Waals surface area contributed by atoms with Crippen LogP contribution >= 0.6 is 0 Å². The molecule has 0 spiro atoms. The van der Waals surface area contributed by atoms with E-state index in [4.69, 9.17) is 4.74 Å². The molecule has 0 radical (unpaired) electrons. The van der Waals surface area contributed by atoms with Crippen LogP contribution in [0.5, 0.6) is 5.75 Å². The number of unbranched alkanes of at least 4 members (excludes halogenated alkanes) is 4. The van der Waals surface area contributed by atoms with Crippen molar-refractivity contribution in [2.45, 2.75) is 50.9 Å². The van der Waals surface area contributed by atoms with E-state index in [0.717, 1.165) is 30.4 Å². The second-order valence-electron chi connectivity index (χ2n) is 7.50. The standard InChI is InChI=1S/C27H30O2/c1-2-3-4-5-15-22-27(23-16-9-6-10-17-23,24-18-11-7-12-19-24)26(28)29-25-20-13-8-14-21-25/h6-14,16-21H,2-5,15,22H2,1H3. The van der Waals surface area contributed by atoms with Crippen molar-refractivity contribution >= 4 is 5.97 Å². The SMILES string of the molecule is CCCCCCCC(C(=O)Oc1ccccc1)(c1ccccc1)c1ccccc1. The lowest BCUT2D eigenvalue weighted by molar-refractivity contribution is -0.139. The Balaban J connectivity index is 2.00. The number of carbonyl (C=O) groups excluding carboxylic acids is 1. The van der Waals surface area contributed by atoms with Crippen molar-refractivity contribution in [1.29, 1.82) is 0 Å². The number of rotatable bonds is 10. The fraction of sp³-hybridized carbons (Fsp3) is 0.296. The minimum atomic E-state index is -0.815. The lowest BCUT2D eigenvalue weighted by atomic mass is 9.71. The van der Waals surface area contributed by atoms with Gasteiger partial charge in [0.1, 0.15) is 11.2 Å². The molecule has 3 aromatic rings. The summed E-state index contributed by atoms with van der Waals surface area (Å²) in [4.78, 5) is 13.7. The van der Waals surface area contributed by atoms with Crippen LogP contribution in [-0.2, 0) is 10.2 Å². The van der Waals surface area contributed by atoms with E-state index in [9.17, 15) is 4.79 Å². The molecule has 0 aliphatic rings. The Morgan fingerprint density at radius 3 is 1.69 bits per heavy atom. The highest BCUT2D eigenvalue weighted by atomic mass is 16.5. The van der Waals surface area contributed by atoms with Crippen LogP contribution in [0.4, 0.5) is 0 Å². The monoisotopic (exact) mass is 386 g/mol. The molecule has 0 heterocycles. The summed E-state index contributed by atoms with van der Waals surface area (Å²) in [5, 5.41) is 0. The van der Waals surface area contributed by atoms with E-state index in [-0.39, 0.29) is 5.97 Å². The molecule has 0 fully saturated rings. The third kappa shape index (κ3) is 5.14. The Morgan fingerprint density at radius 1 is 0.690 bits per heavy atom. The minimum Gasteiger partial charge on any atom is -0.426 e. The van der Waals surface area contributed by atoms with E-state index in [1.165, 1.54) is 19.3 Å². The second kappa shape index (κ2) is 10.6. The van der Waals surface area contributed by atoms with Crippen LogP contribution in [0.25, 0.3) is 0 Å². The van der Waals surface area contributed by atoms with Gasteiger partial charge in [-0.2, -0.15) is 0 Å². The molecule has 150 valence electrons. The van der Waals surface area contributed by atoms with Gasteiger partial charge in [0.15, 0.2) is 0 Å². The topological polar surface area (TPSA) is 26.3 Å². The Bertz CT molecular complexity index is 817. The smallest absolute Gasteiger partial charge is 0.326 e. The predicted octanol–water partition coefficient (Wildman–Crippen LogP) is 6.94. The molecule has 0 N–H and O–H groups in total. The second-order valence-corrected chi connectivity index (χ2v) is 7.50. The summed E-state index contributed by atoms with van der Waals surface area (Å²) in [7, 11) is 0. The molecule has 0 saturated heterocycles. The molecule has 3 rings (SSSR count). The fourth-order valence-electron chi connectivity index (χ4n) is 3.91. The zero-order chi connectivity index (χ0) is 20.4. The summed E-state index contributed by atoms with van der Waals surface area (Å²) >= 11 is 0. The summed E-state index contributed by atoms with van der Waals surface area (Å²) in [6.45, 7) is 2.22. The number of para-hydroxylation sites is 1. The number of hydrogen-bond donors (Lipinski definition) is 0. The molecule has 0 atom stereocenters. The van der Waals surface area contributed by atoms with Gasteiger partial charge in [0.2, 0.25) is 0 Å². The Labute approximate surface area is 174 Å². The van der Waals surface area contributed by atoms with E-state index >= 15 is 0 Å². The molecular weight excluding hydrogens is 356 g/mol. The first kappa shape index (κ1) is 20.9. The van der Waals surface area contributed by atoms with Gasteiger partial charge < -0.3 is 4.74 Å². The number of carbonyl (C=O) groups is 1. The summed E-state index contributed by atoms with van der Waals surface area (Å²) in [6.07, 6.45) is 6.47. The maximum atomic E-state index is 13.7. The molecular formula is C27H30O2. The number of ether oxygens (including phenoxy) is 1. The van der Waals surface area contributed by atoms with Gasteiger partial charge in [0, 0.05) is 0 Å². The fourth-order valence-corrected chi connectivity index (χ4v) is 3.91. The van der Waals surface area contributed by atoms with Gasteiger partial charge >= 0.3 is 5.97 Å². The van der Waals surface area contributed by atoms with E-state index in [2.05, 4.69) is 6.92 Å². The van der Waals surface area contributed by atoms with Gasteiger partial charge in [-0.3, -0.25) is 4.79 Å². The maximum absolute atomic E-state index is 13.7. The van der Waals surface area contributed by atoms with Gasteiger partial charge in [0.05, 0.1) is 0 Å². The summed E-state index contributed by atoms with van der Waals surface area (Å²) in [5.74, 6) is 0.372. The van der Waals surface area contributed by atoms with Crippen LogP contribution in [0, 0.1) is 0 Å². The van der Waals surface area contributed by atoms with Crippen molar-refractivity contribution in [3.63, 3.8) is 0 Å². The largest absolute Gasteiger partial charge is 0.426 e. The van der Waals surface area contributed by atoms with Crippen molar-refractivity contribution in [2.24, 2.45) is 0 Å². The van der Waals surface area contributed by atoms with Crippen LogP contribution in [0.2, 0.25) is 0 Å². The minimum absolute atomic E-state index is 0.211. The van der Waals surface area contributed by atoms with Gasteiger partial charge in [-0.1, -0.05) is 118 Å². The predicted molar refractivity (Wildman–Crippen MR) is 119 cm³/mol. The van der Waals surface area contributed by atoms with Crippen molar-refractivity contribution < 1.29 is 9.53 Å². The third-order valence-electron chi connectivity index (χ3n) is 5.49. The highest BCUT2D eigenvalue weighted by molar-refractivity contribution is 5.89. The number of benzene rings is 3. The lowest BCUT2D eigenvalue weighted by Gasteiger charge is -2.33. The Morgan fingerprint density at radius 2 is 1.17 bits per heavy atom. The van der Waals surface area contributed by atoms with Crippen LogP contribution in [0.3, 0.4) is 0 Å². The first-order valence-electron chi connectivity index (χ1n) is 10.7. The molecule has 2 heteroatoms. The van der Waals surface area contributed by atoms with Crippen LogP contribution in [0.15, 0.2) is 91.0 Å². The van der Waals surface area contributed by atoms with Crippen LogP contribution in [-0.4, -0.2) is 5.97 Å². The molecule has 0 bridgehead atoms. The van der Waals surface area contributed by atoms with Crippen LogP contribution in [0.1, 0.15) is 56.6 Å². The van der Waals surface area contributed by atoms with E-state index in [1.807, 2.05) is 91.0 Å². The maximum Gasteiger partial charge on any atom is 0.326 e. The molecule has 29 heavy (non-hydrogen) atoms. The summed E-state index contributed by atoms with van der Waals surface area (Å²) in [5.41, 5.74) is 1.16. The zero-order valence-corrected chi connectivity index (χ0v) is 17.2. The van der Waals surface area contributed by atoms with Crippen molar-refractivity contribution in [3.8, 4) is 5.75 Å². The first-order chi connectivity index (χ1) is 14.3. The molecule has 0 saturated carbocycles. The molecule has 2 nitrogen and oxygen atoms in total. The normalized spacial score (nSPS) is 11.2. The summed E-state index contributed by atoms with van der Waals surface area (Å²) in [6, 6.07) is 29.5. The van der Waals surface area contributed by atoms with Gasteiger partial charge in [-0.15, -0.1) is 0 Å². The van der Waals surface area contributed by atoms with Gasteiger partial charge in [-0.05, 0) is 29.7 Å². The zero-order valence-electron chi connectivity index (χ0n) is 17.2.